The van der Waals surface area contributed by atoms with Crippen LogP contribution >= 0.6 is 0 Å². The van der Waals surface area contributed by atoms with Crippen molar-refractivity contribution in [1.82, 2.24) is 19.7 Å². The molecule has 0 saturated heterocycles. The van der Waals surface area contributed by atoms with Crippen LogP contribution in [0.3, 0.4) is 0 Å². The Morgan fingerprint density at radius 3 is 2.58 bits per heavy atom. The molecule has 0 aliphatic carbocycles. The van der Waals surface area contributed by atoms with Crippen LogP contribution in [0.2, 0.25) is 0 Å². The van der Waals surface area contributed by atoms with E-state index in [4.69, 9.17) is 24.5 Å². The molecule has 5 rings (SSSR count). The first kappa shape index (κ1) is 21.1. The molecule has 1 aliphatic heterocycles. The second kappa shape index (κ2) is 8.97. The number of aryl methyl sites for hydroxylation is 1. The molecular formula is C25H28N6O2. The van der Waals surface area contributed by atoms with Gasteiger partial charge in [-0.3, -0.25) is 0 Å². The number of anilines is 2. The predicted molar refractivity (Wildman–Crippen MR) is 129 cm³/mol. The molecular weight excluding hydrogens is 416 g/mol. The molecule has 0 amide bonds. The van der Waals surface area contributed by atoms with Crippen molar-refractivity contribution >= 4 is 22.8 Å². The second-order valence-corrected chi connectivity index (χ2v) is 8.19. The Bertz CT molecular complexity index is 1270. The van der Waals surface area contributed by atoms with Crippen molar-refractivity contribution in [1.29, 1.82) is 0 Å². The number of aromatic nitrogens is 4. The molecule has 1 aliphatic rings. The van der Waals surface area contributed by atoms with Crippen molar-refractivity contribution in [3.8, 4) is 11.5 Å². The maximum Gasteiger partial charge on any atom is 0.226 e. The molecule has 33 heavy (non-hydrogen) atoms. The SMILES string of the molecule is COc1ccc(CN2CCc3nn(C)c4nc(NCCc5cccc(OC)c5)nc2c34)cc1. The van der Waals surface area contributed by atoms with E-state index in [0.717, 1.165) is 66.5 Å². The molecule has 0 fully saturated rings. The number of benzene rings is 2. The number of ether oxygens (including phenoxy) is 2. The van der Waals surface area contributed by atoms with E-state index >= 15 is 0 Å². The fraction of sp³-hybridized carbons (Fsp3) is 0.320. The molecule has 0 bridgehead atoms. The van der Waals surface area contributed by atoms with Gasteiger partial charge in [0.2, 0.25) is 5.95 Å². The van der Waals surface area contributed by atoms with E-state index in [0.29, 0.717) is 5.95 Å². The van der Waals surface area contributed by atoms with Crippen LogP contribution in [0.25, 0.3) is 11.0 Å². The predicted octanol–water partition coefficient (Wildman–Crippen LogP) is 3.60. The molecule has 0 spiro atoms. The Balaban J connectivity index is 1.39. The molecule has 0 radical (unpaired) electrons. The average Bonchev–Trinajstić information content (AvgIpc) is 3.17. The summed E-state index contributed by atoms with van der Waals surface area (Å²) in [7, 11) is 5.32. The fourth-order valence-electron chi connectivity index (χ4n) is 4.29. The summed E-state index contributed by atoms with van der Waals surface area (Å²) >= 11 is 0. The first-order valence-corrected chi connectivity index (χ1v) is 11.1. The van der Waals surface area contributed by atoms with Crippen LogP contribution in [0.5, 0.6) is 11.5 Å². The minimum atomic E-state index is 0.622. The van der Waals surface area contributed by atoms with Crippen LogP contribution in [-0.4, -0.2) is 47.1 Å². The van der Waals surface area contributed by atoms with Gasteiger partial charge in [0.1, 0.15) is 17.3 Å². The lowest BCUT2D eigenvalue weighted by atomic mass is 10.1. The van der Waals surface area contributed by atoms with Crippen molar-refractivity contribution in [2.45, 2.75) is 19.4 Å². The number of hydrogen-bond acceptors (Lipinski definition) is 7. The lowest BCUT2D eigenvalue weighted by Gasteiger charge is -2.28. The van der Waals surface area contributed by atoms with Crippen LogP contribution in [0.4, 0.5) is 11.8 Å². The second-order valence-electron chi connectivity index (χ2n) is 8.19. The van der Waals surface area contributed by atoms with Crippen molar-refractivity contribution < 1.29 is 9.47 Å². The Kier molecular flexibility index (Phi) is 5.73. The quantitative estimate of drug-likeness (QED) is 0.445. The zero-order valence-electron chi connectivity index (χ0n) is 19.2. The molecule has 2 aromatic heterocycles. The Hall–Kier alpha value is -3.81. The summed E-state index contributed by atoms with van der Waals surface area (Å²) in [6.07, 6.45) is 1.73. The van der Waals surface area contributed by atoms with Gasteiger partial charge in [-0.05, 0) is 41.8 Å². The lowest BCUT2D eigenvalue weighted by molar-refractivity contribution is 0.414. The first-order valence-electron chi connectivity index (χ1n) is 11.1. The zero-order valence-corrected chi connectivity index (χ0v) is 19.2. The van der Waals surface area contributed by atoms with E-state index in [2.05, 4.69) is 34.5 Å². The summed E-state index contributed by atoms with van der Waals surface area (Å²) < 4.78 is 12.5. The Morgan fingerprint density at radius 1 is 0.970 bits per heavy atom. The van der Waals surface area contributed by atoms with Gasteiger partial charge in [0.05, 0.1) is 25.3 Å². The monoisotopic (exact) mass is 444 g/mol. The highest BCUT2D eigenvalue weighted by Gasteiger charge is 2.26. The van der Waals surface area contributed by atoms with Gasteiger partial charge in [0.15, 0.2) is 5.65 Å². The van der Waals surface area contributed by atoms with Gasteiger partial charge in [-0.2, -0.15) is 15.1 Å². The van der Waals surface area contributed by atoms with Gasteiger partial charge >= 0.3 is 0 Å². The number of nitrogens with one attached hydrogen (secondary N) is 1. The zero-order chi connectivity index (χ0) is 22.8. The minimum absolute atomic E-state index is 0.622. The summed E-state index contributed by atoms with van der Waals surface area (Å²) in [5.74, 6) is 3.29. The van der Waals surface area contributed by atoms with Crippen LogP contribution in [0, 0.1) is 0 Å². The molecule has 3 heterocycles. The molecule has 8 nitrogen and oxygen atoms in total. The Morgan fingerprint density at radius 2 is 1.79 bits per heavy atom. The van der Waals surface area contributed by atoms with Gasteiger partial charge in [-0.25, -0.2) is 4.68 Å². The number of rotatable bonds is 8. The highest BCUT2D eigenvalue weighted by atomic mass is 16.5. The largest absolute Gasteiger partial charge is 0.497 e. The van der Waals surface area contributed by atoms with E-state index in [9.17, 15) is 0 Å². The molecule has 4 aromatic rings. The first-order chi connectivity index (χ1) is 16.1. The number of methoxy groups -OCH3 is 2. The maximum absolute atomic E-state index is 5.33. The average molecular weight is 445 g/mol. The molecule has 0 saturated carbocycles. The molecule has 0 atom stereocenters. The van der Waals surface area contributed by atoms with Gasteiger partial charge in [-0.1, -0.05) is 24.3 Å². The van der Waals surface area contributed by atoms with Gasteiger partial charge in [0, 0.05) is 33.1 Å². The maximum atomic E-state index is 5.33. The van der Waals surface area contributed by atoms with E-state index in [1.165, 1.54) is 11.1 Å². The van der Waals surface area contributed by atoms with Crippen LogP contribution in [0.15, 0.2) is 48.5 Å². The normalized spacial score (nSPS) is 12.8. The highest BCUT2D eigenvalue weighted by molar-refractivity contribution is 5.92. The standard InChI is InChI=1S/C25H28N6O2/c1-30-23-22-21(29-30)12-14-31(16-18-7-9-19(32-2)10-8-18)24(22)28-25(27-23)26-13-11-17-5-4-6-20(15-17)33-3/h4-10,15H,11-14,16H2,1-3H3,(H,26,27,28). The molecule has 170 valence electrons. The van der Waals surface area contributed by atoms with Crippen molar-refractivity contribution in [3.63, 3.8) is 0 Å². The third-order valence-corrected chi connectivity index (χ3v) is 6.02. The van der Waals surface area contributed by atoms with E-state index in [1.54, 1.807) is 14.2 Å². The topological polar surface area (TPSA) is 77.3 Å². The van der Waals surface area contributed by atoms with E-state index < -0.39 is 0 Å². The van der Waals surface area contributed by atoms with E-state index in [-0.39, 0.29) is 0 Å². The van der Waals surface area contributed by atoms with Gasteiger partial charge < -0.3 is 19.7 Å². The lowest BCUT2D eigenvalue weighted by Crippen LogP contribution is -2.29. The van der Waals surface area contributed by atoms with E-state index in [1.807, 2.05) is 36.0 Å². The van der Waals surface area contributed by atoms with Crippen molar-refractivity contribution in [2.75, 3.05) is 37.5 Å². The summed E-state index contributed by atoms with van der Waals surface area (Å²) in [6, 6.07) is 16.3. The van der Waals surface area contributed by atoms with Crippen molar-refractivity contribution in [3.05, 3.63) is 65.4 Å². The summed E-state index contributed by atoms with van der Waals surface area (Å²) in [6.45, 7) is 2.36. The smallest absolute Gasteiger partial charge is 0.226 e. The summed E-state index contributed by atoms with van der Waals surface area (Å²) in [5.41, 5.74) is 4.34. The third-order valence-electron chi connectivity index (χ3n) is 6.02. The highest BCUT2D eigenvalue weighted by Crippen LogP contribution is 2.33. The summed E-state index contributed by atoms with van der Waals surface area (Å²) in [4.78, 5) is 12.0. The minimum Gasteiger partial charge on any atom is -0.497 e. The van der Waals surface area contributed by atoms with Gasteiger partial charge in [-0.15, -0.1) is 0 Å². The molecule has 0 unspecified atom stereocenters. The fourth-order valence-corrected chi connectivity index (χ4v) is 4.29. The van der Waals surface area contributed by atoms with Crippen LogP contribution in [-0.2, 0) is 26.4 Å². The van der Waals surface area contributed by atoms with Gasteiger partial charge in [0.25, 0.3) is 0 Å². The molecule has 8 heteroatoms. The summed E-state index contributed by atoms with van der Waals surface area (Å²) in [5, 5.41) is 9.16. The van der Waals surface area contributed by atoms with Crippen LogP contribution < -0.4 is 19.7 Å². The molecule has 2 aromatic carbocycles. The third kappa shape index (κ3) is 4.28. The van der Waals surface area contributed by atoms with Crippen LogP contribution in [0.1, 0.15) is 16.8 Å². The number of nitrogens with zero attached hydrogens (tertiary/aromatic N) is 5. The Labute approximate surface area is 193 Å². The number of hydrogen-bond donors (Lipinski definition) is 1. The molecule has 1 N–H and O–H groups in total. The van der Waals surface area contributed by atoms with Crippen molar-refractivity contribution in [2.24, 2.45) is 7.05 Å².